The predicted molar refractivity (Wildman–Crippen MR) is 86.2 cm³/mol. The van der Waals surface area contributed by atoms with Crippen molar-refractivity contribution in [3.8, 4) is 0 Å². The van der Waals surface area contributed by atoms with Gasteiger partial charge in [-0.1, -0.05) is 31.8 Å². The Balaban J connectivity index is 1.69. The first-order valence-electron chi connectivity index (χ1n) is 8.28. The van der Waals surface area contributed by atoms with E-state index in [0.29, 0.717) is 17.2 Å². The van der Waals surface area contributed by atoms with Gasteiger partial charge in [0.1, 0.15) is 0 Å². The molecule has 2 heterocycles. The number of nitrogens with one attached hydrogen (secondary N) is 1. The van der Waals surface area contributed by atoms with Gasteiger partial charge in [-0.3, -0.25) is 4.79 Å². The van der Waals surface area contributed by atoms with Crippen LogP contribution >= 0.6 is 0 Å². The lowest BCUT2D eigenvalue weighted by atomic mass is 10.0. The fraction of sp³-hybridized carbons (Fsp3) is 0.588. The van der Waals surface area contributed by atoms with Crippen LogP contribution in [0.3, 0.4) is 0 Å². The number of nitrogens with zero attached hydrogens (tertiary/aromatic N) is 2. The molecule has 0 spiro atoms. The highest BCUT2D eigenvalue weighted by molar-refractivity contribution is 5.97. The number of aliphatic hydroxyl groups excluding tert-OH is 1. The Kier molecular flexibility index (Phi) is 4.61. The summed E-state index contributed by atoms with van der Waals surface area (Å²) in [4.78, 5) is 16.5. The smallest absolute Gasteiger partial charge is 0.257 e. The highest BCUT2D eigenvalue weighted by atomic mass is 16.5. The van der Waals surface area contributed by atoms with Crippen LogP contribution in [0.4, 0.5) is 0 Å². The third kappa shape index (κ3) is 3.37. The number of amides is 1. The molecule has 6 nitrogen and oxygen atoms in total. The van der Waals surface area contributed by atoms with Crippen LogP contribution in [0, 0.1) is 5.92 Å². The maximum Gasteiger partial charge on any atom is 0.257 e. The van der Waals surface area contributed by atoms with Crippen molar-refractivity contribution in [3.63, 3.8) is 0 Å². The minimum Gasteiger partial charge on any atom is -0.391 e. The molecule has 1 amide bonds. The van der Waals surface area contributed by atoms with E-state index in [1.165, 1.54) is 19.0 Å². The van der Waals surface area contributed by atoms with Gasteiger partial charge in [0.15, 0.2) is 0 Å². The average Bonchev–Trinajstić information content (AvgIpc) is 3.20. The number of hydrogen-bond acceptors (Lipinski definition) is 5. The van der Waals surface area contributed by atoms with Crippen LogP contribution in [0.25, 0.3) is 11.1 Å². The highest BCUT2D eigenvalue weighted by Gasteiger charge is 2.23. The standard InChI is InChI=1S/C17H23N3O3/c1-10(2)15-13-7-12(8-19-17(13)23-20-15)16(22)18-9-14(21)11-5-3-4-6-11/h7-8,10-11,14,21H,3-6,9H2,1-2H3,(H,18,22). The molecule has 1 aliphatic carbocycles. The van der Waals surface area contributed by atoms with Crippen LogP contribution in [-0.4, -0.2) is 33.8 Å². The third-order valence-electron chi connectivity index (χ3n) is 4.58. The summed E-state index contributed by atoms with van der Waals surface area (Å²) in [5.41, 5.74) is 1.70. The first-order chi connectivity index (χ1) is 11.1. The van der Waals surface area contributed by atoms with Crippen LogP contribution in [0.5, 0.6) is 0 Å². The van der Waals surface area contributed by atoms with Crippen LogP contribution in [0.1, 0.15) is 61.5 Å². The van der Waals surface area contributed by atoms with Gasteiger partial charge in [0, 0.05) is 12.7 Å². The summed E-state index contributed by atoms with van der Waals surface area (Å²) in [7, 11) is 0. The van der Waals surface area contributed by atoms with Crippen molar-refractivity contribution in [2.24, 2.45) is 5.92 Å². The van der Waals surface area contributed by atoms with Gasteiger partial charge in [-0.25, -0.2) is 4.98 Å². The van der Waals surface area contributed by atoms with Gasteiger partial charge in [0.2, 0.25) is 0 Å². The molecule has 1 unspecified atom stereocenters. The molecule has 0 bridgehead atoms. The second-order valence-electron chi connectivity index (χ2n) is 6.62. The fourth-order valence-corrected chi connectivity index (χ4v) is 3.20. The van der Waals surface area contributed by atoms with Crippen LogP contribution in [0.2, 0.25) is 0 Å². The van der Waals surface area contributed by atoms with Crippen molar-refractivity contribution >= 4 is 17.0 Å². The number of rotatable bonds is 5. The molecule has 1 aliphatic rings. The maximum atomic E-state index is 12.3. The summed E-state index contributed by atoms with van der Waals surface area (Å²) in [6, 6.07) is 1.76. The van der Waals surface area contributed by atoms with Gasteiger partial charge in [-0.2, -0.15) is 0 Å². The number of pyridine rings is 1. The van der Waals surface area contributed by atoms with Gasteiger partial charge in [0.05, 0.1) is 22.7 Å². The minimum atomic E-state index is -0.472. The Morgan fingerprint density at radius 2 is 2.17 bits per heavy atom. The van der Waals surface area contributed by atoms with Crippen molar-refractivity contribution < 1.29 is 14.4 Å². The normalized spacial score (nSPS) is 17.0. The topological polar surface area (TPSA) is 88.2 Å². The zero-order valence-corrected chi connectivity index (χ0v) is 13.6. The van der Waals surface area contributed by atoms with Crippen molar-refractivity contribution in [1.82, 2.24) is 15.5 Å². The largest absolute Gasteiger partial charge is 0.391 e. The van der Waals surface area contributed by atoms with Crippen LogP contribution in [-0.2, 0) is 0 Å². The van der Waals surface area contributed by atoms with E-state index in [2.05, 4.69) is 15.5 Å². The maximum absolute atomic E-state index is 12.3. The lowest BCUT2D eigenvalue weighted by Gasteiger charge is -2.18. The summed E-state index contributed by atoms with van der Waals surface area (Å²) in [6.07, 6.45) is 5.43. The molecule has 0 aliphatic heterocycles. The molecule has 1 fully saturated rings. The lowest BCUT2D eigenvalue weighted by Crippen LogP contribution is -2.35. The average molecular weight is 317 g/mol. The molecule has 1 atom stereocenters. The Bertz CT molecular complexity index is 689. The molecule has 6 heteroatoms. The van der Waals surface area contributed by atoms with Gasteiger partial charge in [-0.05, 0) is 30.7 Å². The molecule has 0 radical (unpaired) electrons. The molecule has 23 heavy (non-hydrogen) atoms. The summed E-state index contributed by atoms with van der Waals surface area (Å²) in [5, 5.41) is 17.7. The van der Waals surface area contributed by atoms with E-state index in [1.54, 1.807) is 6.07 Å². The summed E-state index contributed by atoms with van der Waals surface area (Å²) in [6.45, 7) is 4.31. The zero-order valence-electron chi connectivity index (χ0n) is 13.6. The van der Waals surface area contributed by atoms with Gasteiger partial charge >= 0.3 is 0 Å². The summed E-state index contributed by atoms with van der Waals surface area (Å²) < 4.78 is 5.18. The molecule has 2 aromatic heterocycles. The highest BCUT2D eigenvalue weighted by Crippen LogP contribution is 2.27. The summed E-state index contributed by atoms with van der Waals surface area (Å²) >= 11 is 0. The second-order valence-corrected chi connectivity index (χ2v) is 6.62. The van der Waals surface area contributed by atoms with Crippen molar-refractivity contribution in [1.29, 1.82) is 0 Å². The monoisotopic (exact) mass is 317 g/mol. The Hall–Kier alpha value is -1.95. The molecule has 2 N–H and O–H groups in total. The van der Waals surface area contributed by atoms with E-state index in [1.807, 2.05) is 13.8 Å². The number of aliphatic hydroxyl groups is 1. The van der Waals surface area contributed by atoms with Crippen LogP contribution < -0.4 is 5.32 Å². The molecule has 0 aromatic carbocycles. The lowest BCUT2D eigenvalue weighted by molar-refractivity contribution is 0.0840. The fourth-order valence-electron chi connectivity index (χ4n) is 3.20. The first-order valence-corrected chi connectivity index (χ1v) is 8.28. The van der Waals surface area contributed by atoms with Crippen molar-refractivity contribution in [2.45, 2.75) is 51.6 Å². The Labute approximate surface area is 135 Å². The molecule has 2 aromatic rings. The second kappa shape index (κ2) is 6.66. The Morgan fingerprint density at radius 1 is 1.43 bits per heavy atom. The van der Waals surface area contributed by atoms with Crippen molar-refractivity contribution in [2.75, 3.05) is 6.54 Å². The van der Waals surface area contributed by atoms with E-state index in [0.717, 1.165) is 23.9 Å². The number of carbonyl (C=O) groups is 1. The van der Waals surface area contributed by atoms with Crippen molar-refractivity contribution in [3.05, 3.63) is 23.5 Å². The van der Waals surface area contributed by atoms with Crippen LogP contribution in [0.15, 0.2) is 16.8 Å². The number of carbonyl (C=O) groups excluding carboxylic acids is 1. The van der Waals surface area contributed by atoms with Gasteiger partial charge in [0.25, 0.3) is 11.6 Å². The Morgan fingerprint density at radius 3 is 2.87 bits per heavy atom. The van der Waals surface area contributed by atoms with E-state index in [4.69, 9.17) is 4.52 Å². The zero-order chi connectivity index (χ0) is 16.4. The molecule has 0 saturated heterocycles. The minimum absolute atomic E-state index is 0.195. The van der Waals surface area contributed by atoms with E-state index in [-0.39, 0.29) is 18.4 Å². The summed E-state index contributed by atoms with van der Waals surface area (Å²) in [5.74, 6) is 0.273. The van der Waals surface area contributed by atoms with E-state index < -0.39 is 6.10 Å². The molecular formula is C17H23N3O3. The number of hydrogen-bond donors (Lipinski definition) is 2. The SMILES string of the molecule is CC(C)c1noc2ncc(C(=O)NCC(O)C3CCCC3)cc12. The quantitative estimate of drug-likeness (QED) is 0.885. The van der Waals surface area contributed by atoms with Gasteiger partial charge < -0.3 is 14.9 Å². The number of aromatic nitrogens is 2. The molecule has 1 saturated carbocycles. The molecule has 124 valence electrons. The molecule has 3 rings (SSSR count). The van der Waals surface area contributed by atoms with E-state index in [9.17, 15) is 9.90 Å². The van der Waals surface area contributed by atoms with Gasteiger partial charge in [-0.15, -0.1) is 0 Å². The predicted octanol–water partition coefficient (Wildman–Crippen LogP) is 2.63. The first kappa shape index (κ1) is 15.9. The molecular weight excluding hydrogens is 294 g/mol. The number of fused-ring (bicyclic) bond motifs is 1. The third-order valence-corrected chi connectivity index (χ3v) is 4.58. The van der Waals surface area contributed by atoms with E-state index >= 15 is 0 Å².